The Morgan fingerprint density at radius 1 is 1.46 bits per heavy atom. The molecule has 0 radical (unpaired) electrons. The molecular weight excluding hydrogens is 326 g/mol. The van der Waals surface area contributed by atoms with Gasteiger partial charge in [0.1, 0.15) is 17.6 Å². The van der Waals surface area contributed by atoms with Crippen LogP contribution in [0.1, 0.15) is 49.7 Å². The summed E-state index contributed by atoms with van der Waals surface area (Å²) in [5, 5.41) is 16.1. The number of nitrogens with one attached hydrogen (secondary N) is 2. The number of carbonyl (C=O) groups is 1. The van der Waals surface area contributed by atoms with Crippen molar-refractivity contribution in [2.24, 2.45) is 0 Å². The molecule has 134 valence electrons. The number of ether oxygens (including phenoxy) is 1. The van der Waals surface area contributed by atoms with E-state index in [-0.39, 0.29) is 12.5 Å². The van der Waals surface area contributed by atoms with Crippen LogP contribution in [0.4, 0.5) is 0 Å². The zero-order valence-corrected chi connectivity index (χ0v) is 15.4. The Labute approximate surface area is 148 Å². The van der Waals surface area contributed by atoms with Gasteiger partial charge in [0, 0.05) is 32.0 Å². The topological polar surface area (TPSA) is 83.5 Å². The van der Waals surface area contributed by atoms with Crippen molar-refractivity contribution < 1.29 is 14.6 Å². The van der Waals surface area contributed by atoms with Crippen LogP contribution in [0, 0.1) is 11.8 Å². The smallest absolute Gasteiger partial charge is 0.273 e. The van der Waals surface area contributed by atoms with Gasteiger partial charge in [0.2, 0.25) is 0 Å². The van der Waals surface area contributed by atoms with Crippen molar-refractivity contribution in [3.63, 3.8) is 0 Å². The summed E-state index contributed by atoms with van der Waals surface area (Å²) in [4.78, 5) is 16.5. The Morgan fingerprint density at radius 3 is 2.96 bits per heavy atom. The molecule has 0 bridgehead atoms. The van der Waals surface area contributed by atoms with Crippen LogP contribution in [-0.4, -0.2) is 47.8 Å². The van der Waals surface area contributed by atoms with Gasteiger partial charge in [0.05, 0.1) is 6.20 Å². The van der Waals surface area contributed by atoms with Gasteiger partial charge in [-0.05, 0) is 6.42 Å². The van der Waals surface area contributed by atoms with Gasteiger partial charge >= 0.3 is 0 Å². The van der Waals surface area contributed by atoms with Crippen molar-refractivity contribution in [1.29, 1.82) is 0 Å². The van der Waals surface area contributed by atoms with E-state index >= 15 is 0 Å². The summed E-state index contributed by atoms with van der Waals surface area (Å²) in [5.41, 5.74) is 0. The average Bonchev–Trinajstić information content (AvgIpc) is 3.03. The highest BCUT2D eigenvalue weighted by Gasteiger charge is 2.12. The van der Waals surface area contributed by atoms with E-state index in [0.717, 1.165) is 19.3 Å². The van der Waals surface area contributed by atoms with Gasteiger partial charge in [-0.2, -0.15) is 0 Å². The molecule has 3 N–H and O–H groups in total. The first-order valence-corrected chi connectivity index (χ1v) is 9.08. The standard InChI is InChI=1S/C17H27N3O3S/c1-4-5-6-7-8-9-18-16(22)15-11-20-17(24-15)23-12-14(21)10-19-13(2)3/h11,13-14,19,21H,4,7-10,12H2,1-3H3,(H,18,22). The average molecular weight is 353 g/mol. The van der Waals surface area contributed by atoms with Crippen LogP contribution in [0.2, 0.25) is 0 Å². The number of amides is 1. The third-order valence-corrected chi connectivity index (χ3v) is 3.84. The van der Waals surface area contributed by atoms with E-state index in [9.17, 15) is 9.90 Å². The van der Waals surface area contributed by atoms with Gasteiger partial charge in [-0.15, -0.1) is 11.8 Å². The Morgan fingerprint density at radius 2 is 2.25 bits per heavy atom. The van der Waals surface area contributed by atoms with E-state index in [0.29, 0.717) is 29.2 Å². The molecule has 0 fully saturated rings. The van der Waals surface area contributed by atoms with Gasteiger partial charge in [-0.3, -0.25) is 4.79 Å². The molecule has 7 heteroatoms. The maximum Gasteiger partial charge on any atom is 0.273 e. The molecule has 1 heterocycles. The first-order chi connectivity index (χ1) is 11.5. The van der Waals surface area contributed by atoms with Crippen molar-refractivity contribution in [2.75, 3.05) is 19.7 Å². The third kappa shape index (κ3) is 8.87. The summed E-state index contributed by atoms with van der Waals surface area (Å²) in [5.74, 6) is 5.88. The van der Waals surface area contributed by atoms with Crippen molar-refractivity contribution >= 4 is 17.2 Å². The largest absolute Gasteiger partial charge is 0.467 e. The maximum atomic E-state index is 12.0. The maximum absolute atomic E-state index is 12.0. The molecule has 1 unspecified atom stereocenters. The predicted molar refractivity (Wildman–Crippen MR) is 96.4 cm³/mol. The number of unbranched alkanes of at least 4 members (excludes halogenated alkanes) is 1. The minimum absolute atomic E-state index is 0.143. The first kappa shape index (κ1) is 20.4. The van der Waals surface area contributed by atoms with E-state index in [1.54, 1.807) is 0 Å². The summed E-state index contributed by atoms with van der Waals surface area (Å²) in [6.45, 7) is 7.22. The quantitative estimate of drug-likeness (QED) is 0.441. The zero-order chi connectivity index (χ0) is 17.8. The lowest BCUT2D eigenvalue weighted by atomic mass is 10.3. The van der Waals surface area contributed by atoms with Crippen molar-refractivity contribution in [3.05, 3.63) is 11.1 Å². The second-order valence-corrected chi connectivity index (χ2v) is 6.58. The lowest BCUT2D eigenvalue weighted by Gasteiger charge is -2.13. The van der Waals surface area contributed by atoms with E-state index in [4.69, 9.17) is 4.74 Å². The number of nitrogens with zero attached hydrogens (tertiary/aromatic N) is 1. The molecule has 1 rings (SSSR count). The molecule has 24 heavy (non-hydrogen) atoms. The van der Waals surface area contributed by atoms with E-state index in [1.165, 1.54) is 17.5 Å². The number of aromatic nitrogens is 1. The Bertz CT molecular complexity index is 549. The second kappa shape index (κ2) is 11.8. The first-order valence-electron chi connectivity index (χ1n) is 8.27. The van der Waals surface area contributed by atoms with Crippen LogP contribution in [0.3, 0.4) is 0 Å². The summed E-state index contributed by atoms with van der Waals surface area (Å²) >= 11 is 1.17. The van der Waals surface area contributed by atoms with Gasteiger partial charge < -0.3 is 20.5 Å². The molecule has 1 aromatic rings. The Kier molecular flexibility index (Phi) is 10.1. The van der Waals surface area contributed by atoms with Crippen LogP contribution in [0.5, 0.6) is 5.19 Å². The molecule has 6 nitrogen and oxygen atoms in total. The molecule has 0 saturated heterocycles. The fraction of sp³-hybridized carbons (Fsp3) is 0.647. The molecule has 0 aliphatic carbocycles. The molecule has 0 saturated carbocycles. The van der Waals surface area contributed by atoms with Crippen molar-refractivity contribution in [3.8, 4) is 17.0 Å². The van der Waals surface area contributed by atoms with Crippen LogP contribution in [-0.2, 0) is 0 Å². The summed E-state index contributed by atoms with van der Waals surface area (Å²) < 4.78 is 5.42. The number of aliphatic hydroxyl groups excluding tert-OH is 1. The normalized spacial score (nSPS) is 11.7. The predicted octanol–water partition coefficient (Wildman–Crippen LogP) is 1.80. The lowest BCUT2D eigenvalue weighted by Crippen LogP contribution is -2.35. The molecule has 0 aliphatic heterocycles. The van der Waals surface area contributed by atoms with Crippen LogP contribution >= 0.6 is 11.3 Å². The molecule has 0 aromatic carbocycles. The summed E-state index contributed by atoms with van der Waals surface area (Å²) in [6.07, 6.45) is 3.35. The molecule has 0 spiro atoms. The fourth-order valence-corrected chi connectivity index (χ4v) is 2.40. The van der Waals surface area contributed by atoms with Gasteiger partial charge in [-0.1, -0.05) is 32.1 Å². The second-order valence-electron chi connectivity index (χ2n) is 5.58. The summed E-state index contributed by atoms with van der Waals surface area (Å²) in [6, 6.07) is 0.308. The summed E-state index contributed by atoms with van der Waals surface area (Å²) in [7, 11) is 0. The number of hydrogen-bond acceptors (Lipinski definition) is 6. The highest BCUT2D eigenvalue weighted by Crippen LogP contribution is 2.20. The van der Waals surface area contributed by atoms with Gasteiger partial charge in [-0.25, -0.2) is 4.98 Å². The SMILES string of the molecule is CCC#CCCCNC(=O)c1cnc(OCC(O)CNC(C)C)s1. The number of hydrogen-bond donors (Lipinski definition) is 3. The monoisotopic (exact) mass is 353 g/mol. The molecule has 1 atom stereocenters. The highest BCUT2D eigenvalue weighted by molar-refractivity contribution is 7.15. The lowest BCUT2D eigenvalue weighted by molar-refractivity contribution is 0.0957. The van der Waals surface area contributed by atoms with E-state index in [1.807, 2.05) is 20.8 Å². The number of rotatable bonds is 10. The molecular formula is C17H27N3O3S. The van der Waals surface area contributed by atoms with Crippen molar-refractivity contribution in [2.45, 2.75) is 52.2 Å². The van der Waals surface area contributed by atoms with E-state index in [2.05, 4.69) is 27.5 Å². The number of thiazole rings is 1. The van der Waals surface area contributed by atoms with E-state index < -0.39 is 6.10 Å². The minimum Gasteiger partial charge on any atom is -0.467 e. The Balaban J connectivity index is 2.27. The van der Waals surface area contributed by atoms with Crippen LogP contribution in [0.15, 0.2) is 6.20 Å². The van der Waals surface area contributed by atoms with Gasteiger partial charge in [0.25, 0.3) is 11.1 Å². The van der Waals surface area contributed by atoms with Crippen LogP contribution in [0.25, 0.3) is 0 Å². The zero-order valence-electron chi connectivity index (χ0n) is 14.6. The number of carbonyl (C=O) groups excluding carboxylic acids is 1. The minimum atomic E-state index is -0.613. The van der Waals surface area contributed by atoms with Crippen molar-refractivity contribution in [1.82, 2.24) is 15.6 Å². The Hall–Kier alpha value is -1.62. The molecule has 1 amide bonds. The fourth-order valence-electron chi connectivity index (χ4n) is 1.71. The van der Waals surface area contributed by atoms with Crippen LogP contribution < -0.4 is 15.4 Å². The number of aliphatic hydroxyl groups is 1. The highest BCUT2D eigenvalue weighted by atomic mass is 32.1. The van der Waals surface area contributed by atoms with Gasteiger partial charge in [0.15, 0.2) is 0 Å². The third-order valence-electron chi connectivity index (χ3n) is 2.94. The molecule has 0 aliphatic rings. The molecule has 1 aromatic heterocycles.